The van der Waals surface area contributed by atoms with Gasteiger partial charge < -0.3 is 26.4 Å². The lowest BCUT2D eigenvalue weighted by Gasteiger charge is -2.13. The molecule has 0 aliphatic carbocycles. The number of aromatic nitrogens is 2. The van der Waals surface area contributed by atoms with Gasteiger partial charge in [0.05, 0.1) is 27.8 Å². The summed E-state index contributed by atoms with van der Waals surface area (Å²) in [5.74, 6) is 0.288. The largest absolute Gasteiger partial charge is 0.506 e. The van der Waals surface area contributed by atoms with Crippen LogP contribution in [0.4, 0.5) is 11.4 Å². The third-order valence-corrected chi connectivity index (χ3v) is 4.24. The van der Waals surface area contributed by atoms with Gasteiger partial charge in [-0.25, -0.2) is 0 Å². The Hall–Kier alpha value is -4.20. The molecule has 0 amide bonds. The van der Waals surface area contributed by atoms with E-state index in [0.717, 1.165) is 4.68 Å². The smallest absolute Gasteiger partial charge is 0.279 e. The average Bonchev–Trinajstić information content (AvgIpc) is 2.69. The van der Waals surface area contributed by atoms with E-state index in [2.05, 4.69) is 5.10 Å². The SMILES string of the molecule is Nc1cc(Oc2nn(-c3ccc(N)c(O)c3)c(=O)c3ccccc23)ccc1O. The van der Waals surface area contributed by atoms with Gasteiger partial charge in [-0.05, 0) is 36.4 Å². The lowest BCUT2D eigenvalue weighted by Crippen LogP contribution is -2.22. The van der Waals surface area contributed by atoms with Crippen molar-refractivity contribution in [3.05, 3.63) is 71.0 Å². The summed E-state index contributed by atoms with van der Waals surface area (Å²) in [5, 5.41) is 24.7. The van der Waals surface area contributed by atoms with E-state index in [1.807, 2.05) is 0 Å². The highest BCUT2D eigenvalue weighted by atomic mass is 16.5. The fourth-order valence-corrected chi connectivity index (χ4v) is 2.78. The van der Waals surface area contributed by atoms with E-state index in [0.29, 0.717) is 22.2 Å². The molecule has 0 aliphatic rings. The van der Waals surface area contributed by atoms with Gasteiger partial charge in [0.2, 0.25) is 5.88 Å². The van der Waals surface area contributed by atoms with E-state index >= 15 is 0 Å². The van der Waals surface area contributed by atoms with Gasteiger partial charge in [0.1, 0.15) is 17.2 Å². The molecular weight excluding hydrogens is 360 g/mol. The predicted octanol–water partition coefficient (Wildman–Crippen LogP) is 2.75. The van der Waals surface area contributed by atoms with Gasteiger partial charge in [0, 0.05) is 12.1 Å². The average molecular weight is 376 g/mol. The molecule has 8 nitrogen and oxygen atoms in total. The zero-order valence-electron chi connectivity index (χ0n) is 14.5. The van der Waals surface area contributed by atoms with Crippen molar-refractivity contribution < 1.29 is 14.9 Å². The van der Waals surface area contributed by atoms with E-state index in [1.54, 1.807) is 30.3 Å². The summed E-state index contributed by atoms with van der Waals surface area (Å²) in [6.07, 6.45) is 0. The molecule has 6 N–H and O–H groups in total. The molecule has 28 heavy (non-hydrogen) atoms. The molecule has 1 aromatic heterocycles. The summed E-state index contributed by atoms with van der Waals surface area (Å²) in [7, 11) is 0. The summed E-state index contributed by atoms with van der Waals surface area (Å²) in [5.41, 5.74) is 11.7. The van der Waals surface area contributed by atoms with Gasteiger partial charge in [-0.1, -0.05) is 12.1 Å². The number of phenolic OH excluding ortho intramolecular Hbond substituents is 2. The third kappa shape index (κ3) is 2.92. The maximum Gasteiger partial charge on any atom is 0.279 e. The molecule has 0 bridgehead atoms. The highest BCUT2D eigenvalue weighted by Crippen LogP contribution is 2.31. The number of phenols is 2. The van der Waals surface area contributed by atoms with Crippen molar-refractivity contribution in [2.45, 2.75) is 0 Å². The Morgan fingerprint density at radius 3 is 2.32 bits per heavy atom. The summed E-state index contributed by atoms with van der Waals surface area (Å²) >= 11 is 0. The first-order chi connectivity index (χ1) is 13.4. The molecule has 0 spiro atoms. The van der Waals surface area contributed by atoms with Crippen molar-refractivity contribution >= 4 is 22.1 Å². The molecule has 3 aromatic carbocycles. The number of hydrogen-bond donors (Lipinski definition) is 4. The molecule has 0 saturated heterocycles. The molecule has 4 rings (SSSR count). The topological polar surface area (TPSA) is 137 Å². The molecule has 0 unspecified atom stereocenters. The van der Waals surface area contributed by atoms with E-state index in [1.165, 1.54) is 30.3 Å². The zero-order chi connectivity index (χ0) is 19.8. The third-order valence-electron chi connectivity index (χ3n) is 4.24. The van der Waals surface area contributed by atoms with Crippen molar-refractivity contribution in [2.24, 2.45) is 0 Å². The summed E-state index contributed by atoms with van der Waals surface area (Å²) in [6, 6.07) is 15.7. The number of nitrogens with zero attached hydrogens (tertiary/aromatic N) is 2. The molecule has 0 saturated carbocycles. The van der Waals surface area contributed by atoms with Gasteiger partial charge in [0.25, 0.3) is 5.56 Å². The molecule has 0 aliphatic heterocycles. The van der Waals surface area contributed by atoms with Crippen molar-refractivity contribution in [2.75, 3.05) is 11.5 Å². The number of anilines is 2. The fraction of sp³-hybridized carbons (Fsp3) is 0. The monoisotopic (exact) mass is 376 g/mol. The van der Waals surface area contributed by atoms with E-state index < -0.39 is 0 Å². The zero-order valence-corrected chi connectivity index (χ0v) is 14.5. The number of rotatable bonds is 3. The van der Waals surface area contributed by atoms with Gasteiger partial charge in [0.15, 0.2) is 0 Å². The van der Waals surface area contributed by atoms with Crippen LogP contribution >= 0.6 is 0 Å². The second kappa shape index (κ2) is 6.51. The van der Waals surface area contributed by atoms with Gasteiger partial charge in [-0.3, -0.25) is 4.79 Å². The Morgan fingerprint density at radius 1 is 0.857 bits per heavy atom. The van der Waals surface area contributed by atoms with Crippen LogP contribution < -0.4 is 21.8 Å². The van der Waals surface area contributed by atoms with Crippen molar-refractivity contribution in [3.63, 3.8) is 0 Å². The minimum absolute atomic E-state index is 0.0625. The maximum atomic E-state index is 12.9. The number of aromatic hydroxyl groups is 2. The van der Waals surface area contributed by atoms with Crippen LogP contribution in [0.2, 0.25) is 0 Å². The van der Waals surface area contributed by atoms with Crippen LogP contribution in [-0.2, 0) is 0 Å². The van der Waals surface area contributed by atoms with Gasteiger partial charge in [-0.2, -0.15) is 4.68 Å². The van der Waals surface area contributed by atoms with Crippen LogP contribution in [0.15, 0.2) is 65.5 Å². The molecule has 4 aromatic rings. The van der Waals surface area contributed by atoms with Crippen molar-refractivity contribution in [1.82, 2.24) is 9.78 Å². The first-order valence-corrected chi connectivity index (χ1v) is 8.31. The van der Waals surface area contributed by atoms with Gasteiger partial charge in [-0.15, -0.1) is 5.10 Å². The number of benzene rings is 3. The number of fused-ring (bicyclic) bond motifs is 1. The number of hydrogen-bond acceptors (Lipinski definition) is 7. The van der Waals surface area contributed by atoms with E-state index in [4.69, 9.17) is 16.2 Å². The predicted molar refractivity (Wildman–Crippen MR) is 106 cm³/mol. The second-order valence-electron chi connectivity index (χ2n) is 6.13. The minimum atomic E-state index is -0.377. The molecule has 8 heteroatoms. The number of nitrogen functional groups attached to an aromatic ring is 2. The maximum absolute atomic E-state index is 12.9. The van der Waals surface area contributed by atoms with Crippen LogP contribution in [0, 0.1) is 0 Å². The normalized spacial score (nSPS) is 10.9. The molecule has 140 valence electrons. The molecule has 0 fully saturated rings. The number of ether oxygens (including phenoxy) is 1. The van der Waals surface area contributed by atoms with Crippen molar-refractivity contribution in [1.29, 1.82) is 0 Å². The molecule has 1 heterocycles. The Balaban J connectivity index is 1.92. The van der Waals surface area contributed by atoms with E-state index in [9.17, 15) is 15.0 Å². The number of nitrogens with two attached hydrogens (primary N) is 2. The van der Waals surface area contributed by atoms with Crippen LogP contribution in [-0.4, -0.2) is 20.0 Å². The van der Waals surface area contributed by atoms with Crippen LogP contribution in [0.5, 0.6) is 23.1 Å². The molecule has 0 radical (unpaired) electrons. The minimum Gasteiger partial charge on any atom is -0.506 e. The first kappa shape index (κ1) is 17.2. The Kier molecular flexibility index (Phi) is 4.00. The lowest BCUT2D eigenvalue weighted by molar-refractivity contribution is 0.448. The molecule has 0 atom stereocenters. The van der Waals surface area contributed by atoms with Crippen LogP contribution in [0.3, 0.4) is 0 Å². The highest BCUT2D eigenvalue weighted by Gasteiger charge is 2.14. The fourth-order valence-electron chi connectivity index (χ4n) is 2.78. The summed E-state index contributed by atoms with van der Waals surface area (Å²) < 4.78 is 6.98. The highest BCUT2D eigenvalue weighted by molar-refractivity contribution is 5.86. The Morgan fingerprint density at radius 2 is 1.61 bits per heavy atom. The second-order valence-corrected chi connectivity index (χ2v) is 6.13. The Bertz CT molecular complexity index is 1270. The van der Waals surface area contributed by atoms with Crippen LogP contribution in [0.1, 0.15) is 0 Å². The Labute approximate surface area is 158 Å². The van der Waals surface area contributed by atoms with Crippen LogP contribution in [0.25, 0.3) is 16.5 Å². The van der Waals surface area contributed by atoms with Crippen molar-refractivity contribution in [3.8, 4) is 28.8 Å². The summed E-state index contributed by atoms with van der Waals surface area (Å²) in [6.45, 7) is 0. The van der Waals surface area contributed by atoms with E-state index in [-0.39, 0.29) is 34.3 Å². The quantitative estimate of drug-likeness (QED) is 0.319. The lowest BCUT2D eigenvalue weighted by atomic mass is 10.2. The molecular formula is C20H16N4O4. The van der Waals surface area contributed by atoms with Gasteiger partial charge >= 0.3 is 0 Å². The first-order valence-electron chi connectivity index (χ1n) is 8.31. The summed E-state index contributed by atoms with van der Waals surface area (Å²) in [4.78, 5) is 12.9. The standard InChI is InChI=1S/C20H16N4O4/c21-15-7-5-11(9-18(15)26)24-20(27)14-4-2-1-3-13(14)19(23-24)28-12-6-8-17(25)16(22)10-12/h1-10,25-26H,21-22H2.